The van der Waals surface area contributed by atoms with Crippen LogP contribution in [-0.2, 0) is 4.79 Å². The minimum absolute atomic E-state index is 0.128. The highest BCUT2D eigenvalue weighted by molar-refractivity contribution is 9.10. The molecule has 1 N–H and O–H groups in total. The SMILES string of the molecule is O=C(CCSc1nc2ccccc2c(=O)n1-c1ccccc1)Nc1nc(-c2ccc(Br)cc2)cs1. The highest BCUT2D eigenvalue weighted by Gasteiger charge is 2.14. The molecule has 174 valence electrons. The van der Waals surface area contributed by atoms with Crippen LogP contribution in [0, 0.1) is 0 Å². The van der Waals surface area contributed by atoms with Crippen LogP contribution < -0.4 is 10.9 Å². The topological polar surface area (TPSA) is 76.9 Å². The Hall–Kier alpha value is -3.27. The van der Waals surface area contributed by atoms with E-state index >= 15 is 0 Å². The Labute approximate surface area is 218 Å². The molecule has 35 heavy (non-hydrogen) atoms. The average Bonchev–Trinajstić information content (AvgIpc) is 3.33. The van der Waals surface area contributed by atoms with Gasteiger partial charge >= 0.3 is 0 Å². The third-order valence-electron chi connectivity index (χ3n) is 5.21. The Kier molecular flexibility index (Phi) is 7.08. The molecule has 9 heteroatoms. The van der Waals surface area contributed by atoms with Gasteiger partial charge in [0.15, 0.2) is 10.3 Å². The van der Waals surface area contributed by atoms with Gasteiger partial charge in [0.25, 0.3) is 5.56 Å². The van der Waals surface area contributed by atoms with Crippen molar-refractivity contribution >= 4 is 61.0 Å². The summed E-state index contributed by atoms with van der Waals surface area (Å²) in [6.45, 7) is 0. The van der Waals surface area contributed by atoms with E-state index in [1.165, 1.54) is 23.1 Å². The molecule has 5 rings (SSSR count). The zero-order valence-electron chi connectivity index (χ0n) is 18.3. The van der Waals surface area contributed by atoms with Crippen LogP contribution in [0.5, 0.6) is 0 Å². The number of anilines is 1. The number of benzene rings is 3. The van der Waals surface area contributed by atoms with Crippen molar-refractivity contribution in [1.82, 2.24) is 14.5 Å². The van der Waals surface area contributed by atoms with Crippen molar-refractivity contribution in [3.05, 3.63) is 99.1 Å². The van der Waals surface area contributed by atoms with Crippen molar-refractivity contribution in [2.24, 2.45) is 0 Å². The van der Waals surface area contributed by atoms with Crippen molar-refractivity contribution in [2.45, 2.75) is 11.6 Å². The normalized spacial score (nSPS) is 11.0. The lowest BCUT2D eigenvalue weighted by molar-refractivity contribution is -0.115. The van der Waals surface area contributed by atoms with Gasteiger partial charge in [-0.3, -0.25) is 14.2 Å². The molecule has 5 aromatic rings. The van der Waals surface area contributed by atoms with Crippen LogP contribution in [0.3, 0.4) is 0 Å². The van der Waals surface area contributed by atoms with Crippen LogP contribution >= 0.6 is 39.0 Å². The van der Waals surface area contributed by atoms with Crippen LogP contribution in [0.4, 0.5) is 5.13 Å². The number of halogens is 1. The quantitative estimate of drug-likeness (QED) is 0.183. The fraction of sp³-hybridized carbons (Fsp3) is 0.0769. The summed E-state index contributed by atoms with van der Waals surface area (Å²) < 4.78 is 2.61. The van der Waals surface area contributed by atoms with Gasteiger partial charge in [0.2, 0.25) is 5.91 Å². The maximum Gasteiger partial charge on any atom is 0.266 e. The van der Waals surface area contributed by atoms with Crippen LogP contribution in [0.2, 0.25) is 0 Å². The van der Waals surface area contributed by atoms with E-state index < -0.39 is 0 Å². The highest BCUT2D eigenvalue weighted by Crippen LogP contribution is 2.27. The van der Waals surface area contributed by atoms with Crippen molar-refractivity contribution in [3.8, 4) is 16.9 Å². The molecule has 0 aliphatic heterocycles. The van der Waals surface area contributed by atoms with E-state index in [9.17, 15) is 9.59 Å². The summed E-state index contributed by atoms with van der Waals surface area (Å²) in [7, 11) is 0. The molecule has 0 atom stereocenters. The first kappa shape index (κ1) is 23.5. The summed E-state index contributed by atoms with van der Waals surface area (Å²) in [4.78, 5) is 35.1. The van der Waals surface area contributed by atoms with E-state index in [0.29, 0.717) is 26.9 Å². The molecule has 0 fully saturated rings. The maximum absolute atomic E-state index is 13.2. The average molecular weight is 564 g/mol. The molecular weight excluding hydrogens is 544 g/mol. The van der Waals surface area contributed by atoms with Crippen LogP contribution in [0.15, 0.2) is 98.7 Å². The summed E-state index contributed by atoms with van der Waals surface area (Å²) in [6, 6.07) is 24.6. The lowest BCUT2D eigenvalue weighted by Gasteiger charge is -2.13. The predicted molar refractivity (Wildman–Crippen MR) is 147 cm³/mol. The Bertz CT molecular complexity index is 1550. The number of fused-ring (bicyclic) bond motifs is 1. The number of amides is 1. The number of hydrogen-bond acceptors (Lipinski definition) is 6. The molecule has 2 heterocycles. The number of carbonyl (C=O) groups is 1. The first-order chi connectivity index (χ1) is 17.1. The summed E-state index contributed by atoms with van der Waals surface area (Å²) in [5.74, 6) is 0.331. The second kappa shape index (κ2) is 10.6. The number of carbonyl (C=O) groups excluding carboxylic acids is 1. The largest absolute Gasteiger partial charge is 0.302 e. The smallest absolute Gasteiger partial charge is 0.266 e. The number of nitrogens with one attached hydrogen (secondary N) is 1. The summed E-state index contributed by atoms with van der Waals surface area (Å²) in [6.07, 6.45) is 0.259. The van der Waals surface area contributed by atoms with E-state index in [1.54, 1.807) is 10.6 Å². The van der Waals surface area contributed by atoms with Gasteiger partial charge in [-0.2, -0.15) is 0 Å². The minimum atomic E-state index is -0.136. The van der Waals surface area contributed by atoms with E-state index in [2.05, 4.69) is 26.2 Å². The summed E-state index contributed by atoms with van der Waals surface area (Å²) in [5, 5.41) is 6.47. The number of para-hydroxylation sites is 2. The van der Waals surface area contributed by atoms with Gasteiger partial charge in [-0.1, -0.05) is 70.2 Å². The molecular formula is C26H19BrN4O2S2. The van der Waals surface area contributed by atoms with E-state index in [0.717, 1.165) is 21.4 Å². The second-order valence-electron chi connectivity index (χ2n) is 7.58. The van der Waals surface area contributed by atoms with Gasteiger partial charge in [-0.15, -0.1) is 11.3 Å². The Balaban J connectivity index is 1.29. The number of thioether (sulfide) groups is 1. The van der Waals surface area contributed by atoms with Crippen molar-refractivity contribution < 1.29 is 4.79 Å². The first-order valence-electron chi connectivity index (χ1n) is 10.8. The Morgan fingerprint density at radius 2 is 1.71 bits per heavy atom. The fourth-order valence-corrected chi connectivity index (χ4v) is 5.47. The molecule has 0 saturated carbocycles. The molecule has 0 unspecified atom stereocenters. The molecule has 2 aromatic heterocycles. The minimum Gasteiger partial charge on any atom is -0.302 e. The van der Waals surface area contributed by atoms with Crippen molar-refractivity contribution in [2.75, 3.05) is 11.1 Å². The molecule has 0 aliphatic carbocycles. The van der Waals surface area contributed by atoms with Gasteiger partial charge < -0.3 is 5.32 Å². The van der Waals surface area contributed by atoms with Gasteiger partial charge in [0, 0.05) is 27.6 Å². The summed E-state index contributed by atoms with van der Waals surface area (Å²) >= 11 is 6.20. The van der Waals surface area contributed by atoms with E-state index in [1.807, 2.05) is 78.2 Å². The molecule has 0 spiro atoms. The molecule has 0 aliphatic rings. The molecule has 0 radical (unpaired) electrons. The lowest BCUT2D eigenvalue weighted by atomic mass is 10.2. The Morgan fingerprint density at radius 1 is 0.971 bits per heavy atom. The van der Waals surface area contributed by atoms with Gasteiger partial charge in [-0.25, -0.2) is 9.97 Å². The standard InChI is InChI=1S/C26H19BrN4O2S2/c27-18-12-10-17(11-13-18)22-16-35-25(28-22)30-23(32)14-15-34-26-29-21-9-5-4-8-20(21)24(33)31(26)19-6-2-1-3-7-19/h1-13,16H,14-15H2,(H,28,30,32). The van der Waals surface area contributed by atoms with Crippen LogP contribution in [0.1, 0.15) is 6.42 Å². The van der Waals surface area contributed by atoms with Gasteiger partial charge in [0.05, 0.1) is 22.3 Å². The third kappa shape index (κ3) is 5.37. The number of aromatic nitrogens is 3. The predicted octanol–water partition coefficient (Wildman–Crippen LogP) is 6.39. The van der Waals surface area contributed by atoms with Crippen molar-refractivity contribution in [1.29, 1.82) is 0 Å². The molecule has 6 nitrogen and oxygen atoms in total. The lowest BCUT2D eigenvalue weighted by Crippen LogP contribution is -2.22. The molecule has 3 aromatic carbocycles. The van der Waals surface area contributed by atoms with E-state index in [-0.39, 0.29) is 17.9 Å². The fourth-order valence-electron chi connectivity index (χ4n) is 3.52. The monoisotopic (exact) mass is 562 g/mol. The molecule has 0 bridgehead atoms. The number of hydrogen-bond donors (Lipinski definition) is 1. The number of thiazole rings is 1. The first-order valence-corrected chi connectivity index (χ1v) is 13.5. The van der Waals surface area contributed by atoms with E-state index in [4.69, 9.17) is 4.98 Å². The second-order valence-corrected chi connectivity index (χ2v) is 10.4. The van der Waals surface area contributed by atoms with Crippen LogP contribution in [-0.4, -0.2) is 26.2 Å². The highest BCUT2D eigenvalue weighted by atomic mass is 79.9. The Morgan fingerprint density at radius 3 is 2.51 bits per heavy atom. The third-order valence-corrected chi connectivity index (χ3v) is 7.44. The molecule has 1 amide bonds. The van der Waals surface area contributed by atoms with Gasteiger partial charge in [-0.05, 0) is 36.4 Å². The zero-order valence-corrected chi connectivity index (χ0v) is 21.6. The zero-order chi connectivity index (χ0) is 24.2. The van der Waals surface area contributed by atoms with Crippen LogP contribution in [0.25, 0.3) is 27.8 Å². The summed E-state index contributed by atoms with van der Waals surface area (Å²) in [5.41, 5.74) is 3.06. The number of rotatable bonds is 7. The number of nitrogens with zero attached hydrogens (tertiary/aromatic N) is 3. The molecule has 0 saturated heterocycles. The van der Waals surface area contributed by atoms with Gasteiger partial charge in [0.1, 0.15) is 0 Å². The van der Waals surface area contributed by atoms with Crippen molar-refractivity contribution in [3.63, 3.8) is 0 Å². The maximum atomic E-state index is 13.2.